The summed E-state index contributed by atoms with van der Waals surface area (Å²) < 4.78 is 0. The molecule has 2 amide bonds. The monoisotopic (exact) mass is 330 g/mol. The van der Waals surface area contributed by atoms with Gasteiger partial charge in [-0.1, -0.05) is 25.1 Å². The van der Waals surface area contributed by atoms with Crippen LogP contribution in [0.4, 0.5) is 10.5 Å². The molecule has 0 spiro atoms. The Morgan fingerprint density at radius 1 is 1.04 bits per heavy atom. The molecule has 1 aromatic carbocycles. The van der Waals surface area contributed by atoms with Gasteiger partial charge in [-0.15, -0.1) is 0 Å². The minimum atomic E-state index is 0.0908. The lowest BCUT2D eigenvalue weighted by Gasteiger charge is -2.36. The molecule has 0 saturated carbocycles. The number of nitrogens with zero attached hydrogens (tertiary/aromatic N) is 3. The number of hydrogen-bond donors (Lipinski definition) is 1. The van der Waals surface area contributed by atoms with Gasteiger partial charge in [-0.2, -0.15) is 0 Å². The van der Waals surface area contributed by atoms with E-state index in [-0.39, 0.29) is 6.03 Å². The third-order valence-corrected chi connectivity index (χ3v) is 5.27. The van der Waals surface area contributed by atoms with Crippen LogP contribution in [0.3, 0.4) is 0 Å². The lowest BCUT2D eigenvalue weighted by Crippen LogP contribution is -2.52. The second kappa shape index (κ2) is 8.38. The highest BCUT2D eigenvalue weighted by Gasteiger charge is 2.21. The number of urea groups is 1. The Bertz CT molecular complexity index is 505. The van der Waals surface area contributed by atoms with Crippen LogP contribution in [0.1, 0.15) is 19.8 Å². The van der Waals surface area contributed by atoms with Crippen molar-refractivity contribution in [2.75, 3.05) is 57.3 Å². The van der Waals surface area contributed by atoms with Gasteiger partial charge in [0, 0.05) is 45.0 Å². The average molecular weight is 330 g/mol. The summed E-state index contributed by atoms with van der Waals surface area (Å²) in [7, 11) is 0. The quantitative estimate of drug-likeness (QED) is 0.920. The maximum Gasteiger partial charge on any atom is 0.317 e. The number of carbonyl (C=O) groups excluding carboxylic acids is 1. The van der Waals surface area contributed by atoms with E-state index < -0.39 is 0 Å². The van der Waals surface area contributed by atoms with Gasteiger partial charge in [-0.05, 0) is 44.0 Å². The van der Waals surface area contributed by atoms with Crippen molar-refractivity contribution in [1.29, 1.82) is 0 Å². The van der Waals surface area contributed by atoms with Gasteiger partial charge in [0.15, 0.2) is 0 Å². The number of nitrogens with one attached hydrogen (secondary N) is 1. The Labute approximate surface area is 145 Å². The Hall–Kier alpha value is -1.75. The van der Waals surface area contributed by atoms with E-state index in [0.29, 0.717) is 0 Å². The fourth-order valence-electron chi connectivity index (χ4n) is 3.52. The highest BCUT2D eigenvalue weighted by Crippen LogP contribution is 2.16. The Morgan fingerprint density at radius 3 is 2.38 bits per heavy atom. The van der Waals surface area contributed by atoms with Crippen LogP contribution in [0.25, 0.3) is 0 Å². The molecule has 0 aliphatic carbocycles. The number of hydrogen-bond acceptors (Lipinski definition) is 3. The first-order chi connectivity index (χ1) is 11.7. The van der Waals surface area contributed by atoms with Crippen molar-refractivity contribution in [2.45, 2.75) is 19.8 Å². The van der Waals surface area contributed by atoms with E-state index >= 15 is 0 Å². The molecule has 132 valence electrons. The molecule has 5 heteroatoms. The number of benzene rings is 1. The van der Waals surface area contributed by atoms with Crippen LogP contribution in [0.5, 0.6) is 0 Å². The number of para-hydroxylation sites is 1. The van der Waals surface area contributed by atoms with Gasteiger partial charge in [-0.25, -0.2) is 4.79 Å². The zero-order chi connectivity index (χ0) is 16.8. The predicted octanol–water partition coefficient (Wildman–Crippen LogP) is 2.25. The average Bonchev–Trinajstić information content (AvgIpc) is 2.64. The summed E-state index contributed by atoms with van der Waals surface area (Å²) in [5, 5.41) is 3.09. The maximum absolute atomic E-state index is 12.3. The minimum Gasteiger partial charge on any atom is -0.368 e. The minimum absolute atomic E-state index is 0.0908. The van der Waals surface area contributed by atoms with Gasteiger partial charge < -0.3 is 20.0 Å². The van der Waals surface area contributed by atoms with Crippen LogP contribution in [0.15, 0.2) is 30.3 Å². The molecular formula is C19H30N4O. The van der Waals surface area contributed by atoms with Crippen molar-refractivity contribution in [3.8, 4) is 0 Å². The SMILES string of the molecule is CC1CCN(CCNC(=O)N2CCN(c3ccccc3)CC2)CC1. The first-order valence-corrected chi connectivity index (χ1v) is 9.27. The van der Waals surface area contributed by atoms with Crippen molar-refractivity contribution < 1.29 is 4.79 Å². The molecule has 0 unspecified atom stereocenters. The molecule has 1 aromatic rings. The predicted molar refractivity (Wildman–Crippen MR) is 98.5 cm³/mol. The van der Waals surface area contributed by atoms with E-state index in [4.69, 9.17) is 0 Å². The fraction of sp³-hybridized carbons (Fsp3) is 0.632. The molecule has 1 N–H and O–H groups in total. The van der Waals surface area contributed by atoms with Crippen LogP contribution < -0.4 is 10.2 Å². The zero-order valence-corrected chi connectivity index (χ0v) is 14.8. The van der Waals surface area contributed by atoms with E-state index in [1.54, 1.807) is 0 Å². The van der Waals surface area contributed by atoms with Gasteiger partial charge in [-0.3, -0.25) is 0 Å². The summed E-state index contributed by atoms with van der Waals surface area (Å²) in [6.07, 6.45) is 2.57. The van der Waals surface area contributed by atoms with Gasteiger partial charge in [0.05, 0.1) is 0 Å². The molecule has 2 fully saturated rings. The Morgan fingerprint density at radius 2 is 1.71 bits per heavy atom. The summed E-state index contributed by atoms with van der Waals surface area (Å²) in [6.45, 7) is 9.80. The van der Waals surface area contributed by atoms with Crippen molar-refractivity contribution in [3.63, 3.8) is 0 Å². The lowest BCUT2D eigenvalue weighted by atomic mass is 9.99. The largest absolute Gasteiger partial charge is 0.368 e. The molecule has 5 nitrogen and oxygen atoms in total. The molecule has 0 bridgehead atoms. The van der Waals surface area contributed by atoms with Crippen LogP contribution in [-0.4, -0.2) is 68.2 Å². The summed E-state index contributed by atoms with van der Waals surface area (Å²) in [5.41, 5.74) is 1.25. The molecule has 2 aliphatic heterocycles. The van der Waals surface area contributed by atoms with Crippen molar-refractivity contribution in [3.05, 3.63) is 30.3 Å². The number of rotatable bonds is 4. The first kappa shape index (κ1) is 17.1. The highest BCUT2D eigenvalue weighted by atomic mass is 16.2. The van der Waals surface area contributed by atoms with Crippen molar-refractivity contribution in [2.24, 2.45) is 5.92 Å². The third kappa shape index (κ3) is 4.63. The normalized spacial score (nSPS) is 20.2. The van der Waals surface area contributed by atoms with Crippen LogP contribution in [0.2, 0.25) is 0 Å². The maximum atomic E-state index is 12.3. The molecule has 24 heavy (non-hydrogen) atoms. The molecule has 2 saturated heterocycles. The van der Waals surface area contributed by atoms with E-state index in [1.165, 1.54) is 31.6 Å². The van der Waals surface area contributed by atoms with E-state index in [0.717, 1.165) is 45.2 Å². The van der Waals surface area contributed by atoms with Gasteiger partial charge >= 0.3 is 6.03 Å². The summed E-state index contributed by atoms with van der Waals surface area (Å²) in [5.74, 6) is 0.858. The summed E-state index contributed by atoms with van der Waals surface area (Å²) in [4.78, 5) is 19.1. The van der Waals surface area contributed by atoms with Crippen molar-refractivity contribution in [1.82, 2.24) is 15.1 Å². The smallest absolute Gasteiger partial charge is 0.317 e. The number of anilines is 1. The van der Waals surface area contributed by atoms with Gasteiger partial charge in [0.1, 0.15) is 0 Å². The standard InChI is InChI=1S/C19H30N4O/c1-17-7-10-21(11-8-17)12-9-20-19(24)23-15-13-22(14-16-23)18-5-3-2-4-6-18/h2-6,17H,7-16H2,1H3,(H,20,24). The first-order valence-electron chi connectivity index (χ1n) is 9.27. The lowest BCUT2D eigenvalue weighted by molar-refractivity contribution is 0.179. The Balaban J connectivity index is 1.35. The molecule has 3 rings (SSSR count). The Kier molecular flexibility index (Phi) is 5.96. The van der Waals surface area contributed by atoms with E-state index in [2.05, 4.69) is 46.3 Å². The summed E-state index contributed by atoms with van der Waals surface area (Å²) >= 11 is 0. The molecular weight excluding hydrogens is 300 g/mol. The van der Waals surface area contributed by atoms with E-state index in [1.807, 2.05) is 11.0 Å². The summed E-state index contributed by atoms with van der Waals surface area (Å²) in [6, 6.07) is 10.5. The van der Waals surface area contributed by atoms with Crippen molar-refractivity contribution >= 4 is 11.7 Å². The second-order valence-corrected chi connectivity index (χ2v) is 7.07. The number of carbonyl (C=O) groups is 1. The number of likely N-dealkylation sites (tertiary alicyclic amines) is 1. The van der Waals surface area contributed by atoms with E-state index in [9.17, 15) is 4.79 Å². The van der Waals surface area contributed by atoms with Gasteiger partial charge in [0.25, 0.3) is 0 Å². The molecule has 0 aromatic heterocycles. The van der Waals surface area contributed by atoms with Gasteiger partial charge in [0.2, 0.25) is 0 Å². The molecule has 2 aliphatic rings. The fourth-order valence-corrected chi connectivity index (χ4v) is 3.52. The molecule has 2 heterocycles. The number of piperidine rings is 1. The van der Waals surface area contributed by atoms with Crippen LogP contribution in [0, 0.1) is 5.92 Å². The van der Waals surface area contributed by atoms with Crippen LogP contribution >= 0.6 is 0 Å². The second-order valence-electron chi connectivity index (χ2n) is 7.07. The van der Waals surface area contributed by atoms with Crippen LogP contribution in [-0.2, 0) is 0 Å². The highest BCUT2D eigenvalue weighted by molar-refractivity contribution is 5.74. The molecule has 0 atom stereocenters. The number of amides is 2. The topological polar surface area (TPSA) is 38.8 Å². The zero-order valence-electron chi connectivity index (χ0n) is 14.8. The third-order valence-electron chi connectivity index (χ3n) is 5.27. The molecule has 0 radical (unpaired) electrons. The number of piperazine rings is 1.